The van der Waals surface area contributed by atoms with Gasteiger partial charge in [-0.05, 0) is 24.3 Å². The van der Waals surface area contributed by atoms with Crippen molar-refractivity contribution in [3.05, 3.63) is 65.2 Å². The van der Waals surface area contributed by atoms with Crippen LogP contribution in [0.15, 0.2) is 63.8 Å². The minimum absolute atomic E-state index is 0.00642. The zero-order valence-corrected chi connectivity index (χ0v) is 17.5. The summed E-state index contributed by atoms with van der Waals surface area (Å²) in [5.41, 5.74) is 1.97. The van der Waals surface area contributed by atoms with Crippen LogP contribution in [0.25, 0.3) is 10.6 Å². The van der Waals surface area contributed by atoms with Crippen LogP contribution in [0.5, 0.6) is 5.75 Å². The largest absolute Gasteiger partial charge is 0.497 e. The number of carbonyl (C=O) groups excluding carboxylic acids is 1. The zero-order valence-electron chi connectivity index (χ0n) is 15.9. The predicted molar refractivity (Wildman–Crippen MR) is 112 cm³/mol. The molecule has 10 heteroatoms. The maximum Gasteiger partial charge on any atom is 0.328 e. The second-order valence-electron chi connectivity index (χ2n) is 6.30. The number of benzene rings is 2. The number of fused-ring (bicyclic) bond motifs is 1. The van der Waals surface area contributed by atoms with Crippen LogP contribution in [0.1, 0.15) is 11.3 Å². The van der Waals surface area contributed by atoms with E-state index in [0.717, 1.165) is 16.3 Å². The van der Waals surface area contributed by atoms with Crippen LogP contribution in [0.4, 0.5) is 0 Å². The summed E-state index contributed by atoms with van der Waals surface area (Å²) in [5, 5.41) is 2.60. The van der Waals surface area contributed by atoms with Gasteiger partial charge in [-0.25, -0.2) is 13.4 Å². The molecule has 3 aromatic rings. The third kappa shape index (κ3) is 4.19. The van der Waals surface area contributed by atoms with Crippen LogP contribution < -0.4 is 9.46 Å². The van der Waals surface area contributed by atoms with E-state index in [4.69, 9.17) is 9.47 Å². The fraction of sp³-hybridized carbons (Fsp3) is 0.150. The predicted octanol–water partition coefficient (Wildman–Crippen LogP) is 2.60. The number of sulfonamides is 1. The van der Waals surface area contributed by atoms with E-state index < -0.39 is 16.0 Å². The fourth-order valence-electron chi connectivity index (χ4n) is 2.86. The molecular formula is C20H17N3O5S2. The van der Waals surface area contributed by atoms with Crippen molar-refractivity contribution in [2.75, 3.05) is 13.7 Å². The summed E-state index contributed by atoms with van der Waals surface area (Å²) >= 11 is 1.44. The first kappa shape index (κ1) is 20.0. The Morgan fingerprint density at radius 2 is 2.03 bits per heavy atom. The number of rotatable bonds is 6. The standard InChI is InChI=1S/C20H17N3O5S2/c1-27-15-6-4-5-13(9-15)20-22-14(12-29-20)11-28-18(24)10-21-19-16-7-2-3-8-17(16)30(25,26)23-19/h2-9,12H,10-11H2,1H3,(H,21,23). The summed E-state index contributed by atoms with van der Waals surface area (Å²) in [4.78, 5) is 20.7. The minimum Gasteiger partial charge on any atom is -0.497 e. The SMILES string of the molecule is COc1cccc(-c2nc(COC(=O)CN=C3NS(=O)(=O)c4ccccc43)cs2)c1. The molecule has 0 amide bonds. The van der Waals surface area contributed by atoms with E-state index in [1.165, 1.54) is 17.4 Å². The van der Waals surface area contributed by atoms with Gasteiger partial charge in [0.15, 0.2) is 0 Å². The molecule has 1 N–H and O–H groups in total. The molecule has 0 fully saturated rings. The van der Waals surface area contributed by atoms with Crippen molar-refractivity contribution in [3.63, 3.8) is 0 Å². The van der Waals surface area contributed by atoms with Gasteiger partial charge in [-0.1, -0.05) is 24.3 Å². The lowest BCUT2D eigenvalue weighted by Crippen LogP contribution is -2.23. The Morgan fingerprint density at radius 1 is 1.20 bits per heavy atom. The highest BCUT2D eigenvalue weighted by Crippen LogP contribution is 2.27. The second-order valence-corrected chi connectivity index (χ2v) is 8.81. The molecule has 0 radical (unpaired) electrons. The van der Waals surface area contributed by atoms with Crippen molar-refractivity contribution < 1.29 is 22.7 Å². The van der Waals surface area contributed by atoms with Crippen molar-refractivity contribution in [2.45, 2.75) is 11.5 Å². The van der Waals surface area contributed by atoms with E-state index in [1.807, 2.05) is 29.6 Å². The maximum absolute atomic E-state index is 12.1. The number of thiazole rings is 1. The molecule has 2 aromatic carbocycles. The number of hydrogen-bond acceptors (Lipinski definition) is 8. The highest BCUT2D eigenvalue weighted by atomic mass is 32.2. The molecule has 8 nitrogen and oxygen atoms in total. The fourth-order valence-corrected chi connectivity index (χ4v) is 4.91. The van der Waals surface area contributed by atoms with Gasteiger partial charge in [0.05, 0.1) is 17.7 Å². The summed E-state index contributed by atoms with van der Waals surface area (Å²) in [6, 6.07) is 14.0. The molecule has 4 rings (SSSR count). The summed E-state index contributed by atoms with van der Waals surface area (Å²) in [6.07, 6.45) is 0. The van der Waals surface area contributed by atoms with Crippen LogP contribution in [-0.2, 0) is 26.2 Å². The Labute approximate surface area is 177 Å². The number of nitrogens with one attached hydrogen (secondary N) is 1. The average Bonchev–Trinajstić information content (AvgIpc) is 3.33. The lowest BCUT2D eigenvalue weighted by atomic mass is 10.2. The molecule has 0 unspecified atom stereocenters. The van der Waals surface area contributed by atoms with Crippen molar-refractivity contribution in [1.82, 2.24) is 9.71 Å². The summed E-state index contributed by atoms with van der Waals surface area (Å²) in [7, 11) is -2.04. The number of aliphatic imine (C=N–C) groups is 1. The van der Waals surface area contributed by atoms with Crippen molar-refractivity contribution >= 4 is 33.2 Å². The Morgan fingerprint density at radius 3 is 2.87 bits per heavy atom. The highest BCUT2D eigenvalue weighted by Gasteiger charge is 2.30. The van der Waals surface area contributed by atoms with Gasteiger partial charge in [-0.3, -0.25) is 14.5 Å². The molecule has 1 aliphatic rings. The molecule has 0 atom stereocenters. The Balaban J connectivity index is 1.37. The molecule has 2 heterocycles. The first-order valence-corrected chi connectivity index (χ1v) is 11.2. The van der Waals surface area contributed by atoms with E-state index in [0.29, 0.717) is 11.3 Å². The maximum atomic E-state index is 12.1. The van der Waals surface area contributed by atoms with Gasteiger partial charge in [0, 0.05) is 16.5 Å². The smallest absolute Gasteiger partial charge is 0.328 e. The lowest BCUT2D eigenvalue weighted by molar-refractivity contribution is -0.143. The molecule has 0 bridgehead atoms. The number of amidine groups is 1. The van der Waals surface area contributed by atoms with Gasteiger partial charge < -0.3 is 9.47 Å². The number of ether oxygens (including phenoxy) is 2. The number of aromatic nitrogens is 1. The topological polar surface area (TPSA) is 107 Å². The Bertz CT molecular complexity index is 1230. The molecule has 30 heavy (non-hydrogen) atoms. The van der Waals surface area contributed by atoms with E-state index >= 15 is 0 Å². The molecule has 154 valence electrons. The van der Waals surface area contributed by atoms with Crippen LogP contribution in [0, 0.1) is 0 Å². The Kier molecular flexibility index (Phi) is 5.51. The third-order valence-electron chi connectivity index (χ3n) is 4.28. The molecule has 0 saturated carbocycles. The molecule has 0 spiro atoms. The molecule has 0 saturated heterocycles. The Hall–Kier alpha value is -3.24. The number of nitrogens with zero attached hydrogens (tertiary/aromatic N) is 2. The summed E-state index contributed by atoms with van der Waals surface area (Å²) in [6.45, 7) is -0.300. The monoisotopic (exact) mass is 443 g/mol. The number of hydrogen-bond donors (Lipinski definition) is 1. The molecule has 1 aliphatic heterocycles. The normalized spacial score (nSPS) is 15.4. The van der Waals surface area contributed by atoms with Gasteiger partial charge in [0.2, 0.25) is 0 Å². The van der Waals surface area contributed by atoms with Crippen LogP contribution in [0.2, 0.25) is 0 Å². The van der Waals surface area contributed by atoms with Crippen molar-refractivity contribution in [2.24, 2.45) is 4.99 Å². The van der Waals surface area contributed by atoms with Crippen LogP contribution >= 0.6 is 11.3 Å². The van der Waals surface area contributed by atoms with Gasteiger partial charge in [-0.15, -0.1) is 11.3 Å². The first-order valence-electron chi connectivity index (χ1n) is 8.87. The highest BCUT2D eigenvalue weighted by molar-refractivity contribution is 7.90. The van der Waals surface area contributed by atoms with Crippen LogP contribution in [-0.4, -0.2) is 38.9 Å². The molecular weight excluding hydrogens is 426 g/mol. The summed E-state index contributed by atoms with van der Waals surface area (Å²) in [5.74, 6) is 0.289. The average molecular weight is 444 g/mol. The molecule has 1 aromatic heterocycles. The van der Waals surface area contributed by atoms with Gasteiger partial charge >= 0.3 is 5.97 Å². The third-order valence-corrected chi connectivity index (χ3v) is 6.62. The van der Waals surface area contributed by atoms with Crippen LogP contribution in [0.3, 0.4) is 0 Å². The number of methoxy groups -OCH3 is 1. The zero-order chi connectivity index (χ0) is 21.1. The van der Waals surface area contributed by atoms with E-state index in [-0.39, 0.29) is 23.9 Å². The first-order chi connectivity index (χ1) is 14.5. The minimum atomic E-state index is -3.64. The second kappa shape index (κ2) is 8.25. The van der Waals surface area contributed by atoms with Gasteiger partial charge in [0.25, 0.3) is 10.0 Å². The molecule has 0 aliphatic carbocycles. The van der Waals surface area contributed by atoms with Crippen molar-refractivity contribution in [1.29, 1.82) is 0 Å². The van der Waals surface area contributed by atoms with Gasteiger partial charge in [0.1, 0.15) is 29.7 Å². The number of esters is 1. The number of carbonyl (C=O) groups is 1. The van der Waals surface area contributed by atoms with Crippen molar-refractivity contribution in [3.8, 4) is 16.3 Å². The van der Waals surface area contributed by atoms with Gasteiger partial charge in [-0.2, -0.15) is 0 Å². The lowest BCUT2D eigenvalue weighted by Gasteiger charge is -2.02. The van der Waals surface area contributed by atoms with E-state index in [9.17, 15) is 13.2 Å². The van der Waals surface area contributed by atoms with E-state index in [1.54, 1.807) is 25.3 Å². The quantitative estimate of drug-likeness (QED) is 0.587. The van der Waals surface area contributed by atoms with E-state index in [2.05, 4.69) is 14.7 Å². The summed E-state index contributed by atoms with van der Waals surface area (Å²) < 4.78 is 36.9.